The number of rotatable bonds is 11. The van der Waals surface area contributed by atoms with Gasteiger partial charge in [-0.2, -0.15) is 0 Å². The summed E-state index contributed by atoms with van der Waals surface area (Å²) in [6, 6.07) is 14.4. The number of nitrogens with zero attached hydrogens (tertiary/aromatic N) is 4. The van der Waals surface area contributed by atoms with Crippen molar-refractivity contribution in [2.24, 2.45) is 11.8 Å². The van der Waals surface area contributed by atoms with Crippen molar-refractivity contribution in [2.75, 3.05) is 46.6 Å². The van der Waals surface area contributed by atoms with Gasteiger partial charge in [-0.15, -0.1) is 0 Å². The zero-order valence-corrected chi connectivity index (χ0v) is 33.2. The van der Waals surface area contributed by atoms with Crippen molar-refractivity contribution in [3.8, 4) is 33.6 Å². The maximum absolute atomic E-state index is 13.9. The summed E-state index contributed by atoms with van der Waals surface area (Å²) in [5, 5.41) is 14.8. The quantitative estimate of drug-likeness (QED) is 0.126. The second kappa shape index (κ2) is 18.0. The third-order valence-electron chi connectivity index (χ3n) is 12.4. The predicted octanol–water partition coefficient (Wildman–Crippen LogP) is 5.67. The summed E-state index contributed by atoms with van der Waals surface area (Å²) in [4.78, 5) is 71.6. The number of amides is 4. The summed E-state index contributed by atoms with van der Waals surface area (Å²) in [6.07, 6.45) is 7.65. The highest BCUT2D eigenvalue weighted by molar-refractivity contribution is 5.87. The molecule has 2 aromatic carbocycles. The lowest BCUT2D eigenvalue weighted by molar-refractivity contribution is -0.137. The van der Waals surface area contributed by atoms with E-state index in [1.54, 1.807) is 11.1 Å². The van der Waals surface area contributed by atoms with Crippen LogP contribution >= 0.6 is 0 Å². The summed E-state index contributed by atoms with van der Waals surface area (Å²) in [6.45, 7) is 3.27. The summed E-state index contributed by atoms with van der Waals surface area (Å²) in [5.41, 5.74) is 5.60. The molecule has 0 radical (unpaired) electrons. The van der Waals surface area contributed by atoms with Gasteiger partial charge in [0.05, 0.1) is 36.8 Å². The van der Waals surface area contributed by atoms with Crippen LogP contribution in [-0.4, -0.2) is 118 Å². The number of carbonyl (C=O) groups excluding carboxylic acids is 3. The first-order chi connectivity index (χ1) is 28.8. The molecule has 6 heterocycles. The molecular formula is C43H52N8O8. The van der Waals surface area contributed by atoms with Crippen molar-refractivity contribution < 1.29 is 38.5 Å². The van der Waals surface area contributed by atoms with Crippen molar-refractivity contribution in [3.05, 3.63) is 72.6 Å². The molecule has 4 aliphatic heterocycles. The number of alkyl carbamates (subject to hydrolysis) is 1. The van der Waals surface area contributed by atoms with Crippen LogP contribution in [0.4, 0.5) is 9.59 Å². The van der Waals surface area contributed by atoms with Gasteiger partial charge in [0.25, 0.3) is 0 Å². The summed E-state index contributed by atoms with van der Waals surface area (Å²) >= 11 is 0. The molecule has 4 aliphatic rings. The average Bonchev–Trinajstić information content (AvgIpc) is 4.12. The van der Waals surface area contributed by atoms with Gasteiger partial charge in [-0.1, -0.05) is 48.5 Å². The minimum absolute atomic E-state index is 0.0314. The number of aromatic amines is 2. The fourth-order valence-corrected chi connectivity index (χ4v) is 9.15. The van der Waals surface area contributed by atoms with E-state index in [0.29, 0.717) is 71.0 Å². The van der Waals surface area contributed by atoms with Gasteiger partial charge in [-0.05, 0) is 79.9 Å². The van der Waals surface area contributed by atoms with Gasteiger partial charge < -0.3 is 49.7 Å². The highest BCUT2D eigenvalue weighted by Gasteiger charge is 2.41. The Hall–Kier alpha value is -5.74. The van der Waals surface area contributed by atoms with Crippen LogP contribution in [0, 0.1) is 11.8 Å². The maximum atomic E-state index is 13.9. The van der Waals surface area contributed by atoms with Gasteiger partial charge in [0.2, 0.25) is 11.8 Å². The van der Waals surface area contributed by atoms with Gasteiger partial charge in [-0.25, -0.2) is 19.6 Å². The Morgan fingerprint density at radius 2 is 1.24 bits per heavy atom. The molecule has 0 bridgehead atoms. The Labute approximate surface area is 342 Å². The minimum atomic E-state index is -1.20. The third-order valence-corrected chi connectivity index (χ3v) is 12.4. The van der Waals surface area contributed by atoms with Crippen LogP contribution in [0.2, 0.25) is 0 Å². The molecule has 4 aromatic rings. The molecule has 59 heavy (non-hydrogen) atoms. The first-order valence-electron chi connectivity index (χ1n) is 20.7. The number of likely N-dealkylation sites (tertiary alicyclic amines) is 2. The molecule has 4 fully saturated rings. The first kappa shape index (κ1) is 40.1. The molecule has 4 saturated heterocycles. The summed E-state index contributed by atoms with van der Waals surface area (Å²) < 4.78 is 15.8. The molecule has 16 nitrogen and oxygen atoms in total. The van der Waals surface area contributed by atoms with Crippen molar-refractivity contribution >= 4 is 24.0 Å². The van der Waals surface area contributed by atoms with E-state index in [2.05, 4.69) is 44.9 Å². The Balaban J connectivity index is 0.913. The van der Waals surface area contributed by atoms with Gasteiger partial charge in [0.1, 0.15) is 23.7 Å². The van der Waals surface area contributed by atoms with E-state index in [9.17, 15) is 24.3 Å². The fourth-order valence-electron chi connectivity index (χ4n) is 9.15. The van der Waals surface area contributed by atoms with Crippen molar-refractivity contribution in [2.45, 2.75) is 75.5 Å². The molecule has 4 atom stereocenters. The first-order valence-corrected chi connectivity index (χ1v) is 20.7. The van der Waals surface area contributed by atoms with Crippen LogP contribution in [0.1, 0.15) is 75.1 Å². The lowest BCUT2D eigenvalue weighted by atomic mass is 9.90. The second-order valence-corrected chi connectivity index (χ2v) is 15.8. The number of H-pyrrole nitrogens is 2. The van der Waals surface area contributed by atoms with E-state index in [1.807, 2.05) is 35.4 Å². The molecule has 2 aromatic heterocycles. The average molecular weight is 809 g/mol. The molecule has 16 heteroatoms. The summed E-state index contributed by atoms with van der Waals surface area (Å²) in [7, 11) is 1.30. The van der Waals surface area contributed by atoms with E-state index >= 15 is 0 Å². The zero-order valence-electron chi connectivity index (χ0n) is 33.2. The molecule has 8 rings (SSSR count). The van der Waals surface area contributed by atoms with Gasteiger partial charge >= 0.3 is 12.2 Å². The number of imidazole rings is 2. The van der Waals surface area contributed by atoms with E-state index < -0.39 is 24.3 Å². The largest absolute Gasteiger partial charge is 0.465 e. The number of benzene rings is 2. The van der Waals surface area contributed by atoms with E-state index in [1.165, 1.54) is 7.11 Å². The van der Waals surface area contributed by atoms with Crippen LogP contribution in [0.15, 0.2) is 60.9 Å². The summed E-state index contributed by atoms with van der Waals surface area (Å²) in [5.74, 6) is 0.941. The van der Waals surface area contributed by atoms with Gasteiger partial charge in [0, 0.05) is 51.3 Å². The lowest BCUT2D eigenvalue weighted by Gasteiger charge is -2.34. The van der Waals surface area contributed by atoms with Crippen LogP contribution in [0.5, 0.6) is 0 Å². The molecule has 4 amide bonds. The highest BCUT2D eigenvalue weighted by Crippen LogP contribution is 2.36. The van der Waals surface area contributed by atoms with E-state index in [-0.39, 0.29) is 35.7 Å². The Bertz CT molecular complexity index is 2090. The van der Waals surface area contributed by atoms with Crippen molar-refractivity contribution in [3.63, 3.8) is 0 Å². The number of nitrogens with one attached hydrogen (secondary N) is 4. The van der Waals surface area contributed by atoms with Crippen LogP contribution in [0.25, 0.3) is 33.6 Å². The number of hydrogen-bond donors (Lipinski definition) is 5. The van der Waals surface area contributed by atoms with Crippen LogP contribution in [0.3, 0.4) is 0 Å². The standard InChI is InChI=1S/C43H52N8O8/c1-57-43(56)49-37(31-16-22-59-23-17-31)41(53)51-19-3-5-35(51)39-45-25-33(47-39)29-12-8-27(9-13-29)26-6-10-28(11-7-26)32-24-44-38(46-32)34-4-2-18-50(34)40(52)36(48-42(54)55)30-14-20-58-21-15-30/h6-13,24-25,30-31,34-37,48H,2-5,14-23H2,1H3,(H,44,46)(H,45,47)(H,49,56)(H,54,55)/t34-,35-,36-,37-/m0/s1. The molecule has 0 saturated carbocycles. The highest BCUT2D eigenvalue weighted by atomic mass is 16.5. The van der Waals surface area contributed by atoms with Crippen LogP contribution < -0.4 is 10.6 Å². The molecule has 5 N–H and O–H groups in total. The molecule has 0 aliphatic carbocycles. The Kier molecular flexibility index (Phi) is 12.2. The number of carboxylic acid groups (broad SMARTS) is 1. The molecule has 312 valence electrons. The van der Waals surface area contributed by atoms with E-state index in [4.69, 9.17) is 24.2 Å². The van der Waals surface area contributed by atoms with Gasteiger partial charge in [-0.3, -0.25) is 9.59 Å². The van der Waals surface area contributed by atoms with Gasteiger partial charge in [0.15, 0.2) is 0 Å². The monoisotopic (exact) mass is 808 g/mol. The number of hydrogen-bond acceptors (Lipinski definition) is 9. The Morgan fingerprint density at radius 3 is 1.78 bits per heavy atom. The Morgan fingerprint density at radius 1 is 0.729 bits per heavy atom. The number of ether oxygens (including phenoxy) is 3. The van der Waals surface area contributed by atoms with Crippen LogP contribution in [-0.2, 0) is 23.8 Å². The lowest BCUT2D eigenvalue weighted by Crippen LogP contribution is -2.53. The number of carbonyl (C=O) groups is 4. The SMILES string of the molecule is COC(=O)N[C@H](C(=O)N1CCC[C@H]1c1ncc(-c2ccc(-c3ccc(-c4c[nH]c([C@@H]5CCCN5C(=O)[C@@H](NC(=O)O)C5CCOCC5)n4)cc3)cc2)[nH]1)C1CCOCC1. The minimum Gasteiger partial charge on any atom is -0.465 e. The smallest absolute Gasteiger partial charge is 0.407 e. The van der Waals surface area contributed by atoms with Crippen molar-refractivity contribution in [1.82, 2.24) is 40.4 Å². The number of methoxy groups -OCH3 is 1. The zero-order chi connectivity index (χ0) is 40.9. The normalized spacial score (nSPS) is 21.2. The second-order valence-electron chi connectivity index (χ2n) is 15.8. The molecular weight excluding hydrogens is 757 g/mol. The fraction of sp³-hybridized carbons (Fsp3) is 0.488. The van der Waals surface area contributed by atoms with E-state index in [0.717, 1.165) is 65.1 Å². The predicted molar refractivity (Wildman–Crippen MR) is 216 cm³/mol. The number of aromatic nitrogens is 4. The molecule has 0 spiro atoms. The maximum Gasteiger partial charge on any atom is 0.407 e. The topological polar surface area (TPSA) is 204 Å². The molecule has 0 unspecified atom stereocenters. The van der Waals surface area contributed by atoms with Crippen molar-refractivity contribution in [1.29, 1.82) is 0 Å². The third kappa shape index (κ3) is 8.83.